The summed E-state index contributed by atoms with van der Waals surface area (Å²) in [7, 11) is 0. The fourth-order valence-corrected chi connectivity index (χ4v) is 3.39. The summed E-state index contributed by atoms with van der Waals surface area (Å²) in [6.07, 6.45) is 3.46. The highest BCUT2D eigenvalue weighted by Crippen LogP contribution is 2.32. The second-order valence-electron chi connectivity index (χ2n) is 6.55. The number of hydrogen-bond donors (Lipinski definition) is 2. The van der Waals surface area contributed by atoms with E-state index in [1.165, 1.54) is 12.1 Å². The SMILES string of the molecule is Cc1cc(NCCO)nc(C)c1-c1nc2ccncc2n1-c1ccc(F)cc1. The van der Waals surface area contributed by atoms with Gasteiger partial charge in [0.25, 0.3) is 0 Å². The van der Waals surface area contributed by atoms with Crippen molar-refractivity contribution in [1.29, 1.82) is 0 Å². The number of fused-ring (bicyclic) bond motifs is 1. The number of pyridine rings is 2. The van der Waals surface area contributed by atoms with E-state index in [9.17, 15) is 4.39 Å². The van der Waals surface area contributed by atoms with Crippen LogP contribution < -0.4 is 5.32 Å². The number of aliphatic hydroxyl groups excluding tert-OH is 1. The summed E-state index contributed by atoms with van der Waals surface area (Å²) in [5, 5.41) is 12.1. The van der Waals surface area contributed by atoms with Crippen LogP contribution in [0.25, 0.3) is 28.1 Å². The number of aromatic nitrogens is 4. The van der Waals surface area contributed by atoms with E-state index in [-0.39, 0.29) is 12.4 Å². The molecular formula is C21H20FN5O. The predicted molar refractivity (Wildman–Crippen MR) is 107 cm³/mol. The molecule has 0 radical (unpaired) electrons. The normalized spacial score (nSPS) is 11.1. The summed E-state index contributed by atoms with van der Waals surface area (Å²) in [5.74, 6) is 1.14. The van der Waals surface area contributed by atoms with Gasteiger partial charge in [-0.3, -0.25) is 9.55 Å². The maximum atomic E-state index is 13.5. The molecule has 0 amide bonds. The number of aliphatic hydroxyl groups is 1. The molecule has 7 heteroatoms. The first-order chi connectivity index (χ1) is 13.6. The molecule has 142 valence electrons. The first-order valence-electron chi connectivity index (χ1n) is 9.00. The zero-order valence-electron chi connectivity index (χ0n) is 15.6. The van der Waals surface area contributed by atoms with E-state index in [0.29, 0.717) is 12.4 Å². The Hall–Kier alpha value is -3.32. The molecule has 0 saturated heterocycles. The Kier molecular flexibility index (Phi) is 4.75. The molecule has 0 aliphatic carbocycles. The van der Waals surface area contributed by atoms with Gasteiger partial charge in [0.05, 0.1) is 29.5 Å². The maximum Gasteiger partial charge on any atom is 0.147 e. The zero-order chi connectivity index (χ0) is 19.7. The number of nitrogens with zero attached hydrogens (tertiary/aromatic N) is 4. The Morgan fingerprint density at radius 2 is 1.89 bits per heavy atom. The van der Waals surface area contributed by atoms with Crippen LogP contribution in [0.2, 0.25) is 0 Å². The summed E-state index contributed by atoms with van der Waals surface area (Å²) >= 11 is 0. The van der Waals surface area contributed by atoms with Crippen molar-refractivity contribution >= 4 is 16.9 Å². The van der Waals surface area contributed by atoms with Crippen molar-refractivity contribution in [2.24, 2.45) is 0 Å². The van der Waals surface area contributed by atoms with Gasteiger partial charge in [-0.15, -0.1) is 0 Å². The average Bonchev–Trinajstić information content (AvgIpc) is 3.05. The van der Waals surface area contributed by atoms with Crippen molar-refractivity contribution < 1.29 is 9.50 Å². The van der Waals surface area contributed by atoms with Crippen LogP contribution in [0.15, 0.2) is 48.8 Å². The molecule has 4 aromatic rings. The van der Waals surface area contributed by atoms with Crippen LogP contribution in [-0.2, 0) is 0 Å². The minimum absolute atomic E-state index is 0.0366. The van der Waals surface area contributed by atoms with Crippen LogP contribution in [0.3, 0.4) is 0 Å². The van der Waals surface area contributed by atoms with E-state index >= 15 is 0 Å². The summed E-state index contributed by atoms with van der Waals surface area (Å²) < 4.78 is 15.4. The second-order valence-corrected chi connectivity index (χ2v) is 6.55. The van der Waals surface area contributed by atoms with Gasteiger partial charge in [0.2, 0.25) is 0 Å². The van der Waals surface area contributed by atoms with Crippen molar-refractivity contribution in [2.75, 3.05) is 18.5 Å². The van der Waals surface area contributed by atoms with Gasteiger partial charge in [-0.25, -0.2) is 14.4 Å². The minimum atomic E-state index is -0.291. The molecule has 0 bridgehead atoms. The third kappa shape index (κ3) is 3.20. The number of imidazole rings is 1. The second kappa shape index (κ2) is 7.36. The Labute approximate surface area is 161 Å². The highest BCUT2D eigenvalue weighted by Gasteiger charge is 2.19. The molecule has 3 heterocycles. The molecule has 1 aromatic carbocycles. The van der Waals surface area contributed by atoms with Gasteiger partial charge >= 0.3 is 0 Å². The van der Waals surface area contributed by atoms with Gasteiger partial charge in [-0.1, -0.05) is 0 Å². The molecule has 0 aliphatic rings. The van der Waals surface area contributed by atoms with E-state index in [0.717, 1.165) is 39.4 Å². The lowest BCUT2D eigenvalue weighted by molar-refractivity contribution is 0.311. The fourth-order valence-electron chi connectivity index (χ4n) is 3.39. The largest absolute Gasteiger partial charge is 0.395 e. The van der Waals surface area contributed by atoms with Crippen LogP contribution >= 0.6 is 0 Å². The van der Waals surface area contributed by atoms with Gasteiger partial charge in [0.15, 0.2) is 0 Å². The number of halogens is 1. The van der Waals surface area contributed by atoms with E-state index < -0.39 is 0 Å². The minimum Gasteiger partial charge on any atom is -0.395 e. The molecule has 3 aromatic heterocycles. The van der Waals surface area contributed by atoms with Crippen LogP contribution in [0, 0.1) is 19.7 Å². The van der Waals surface area contributed by atoms with Gasteiger partial charge in [0.1, 0.15) is 17.5 Å². The third-order valence-corrected chi connectivity index (χ3v) is 4.58. The lowest BCUT2D eigenvalue weighted by atomic mass is 10.1. The number of aryl methyl sites for hydroxylation is 2. The molecule has 0 aliphatic heterocycles. The molecule has 0 unspecified atom stereocenters. The molecule has 0 fully saturated rings. The lowest BCUT2D eigenvalue weighted by Gasteiger charge is -2.15. The van der Waals surface area contributed by atoms with Crippen molar-refractivity contribution in [2.45, 2.75) is 13.8 Å². The standard InChI is InChI=1S/C21H20FN5O/c1-13-11-19(24-9-10-28)25-14(2)20(13)21-26-17-7-8-23-12-18(17)27(21)16-5-3-15(22)4-6-16/h3-8,11-12,28H,9-10H2,1-2H3,(H,24,25). The van der Waals surface area contributed by atoms with Crippen LogP contribution in [0.5, 0.6) is 0 Å². The van der Waals surface area contributed by atoms with Crippen molar-refractivity contribution in [3.05, 3.63) is 65.9 Å². The fraction of sp³-hybridized carbons (Fsp3) is 0.190. The van der Waals surface area contributed by atoms with Crippen molar-refractivity contribution in [1.82, 2.24) is 19.5 Å². The Balaban J connectivity index is 1.94. The van der Waals surface area contributed by atoms with Crippen molar-refractivity contribution in [3.63, 3.8) is 0 Å². The van der Waals surface area contributed by atoms with E-state index in [1.54, 1.807) is 24.5 Å². The third-order valence-electron chi connectivity index (χ3n) is 4.58. The number of anilines is 1. The summed E-state index contributed by atoms with van der Waals surface area (Å²) in [6, 6.07) is 10.1. The summed E-state index contributed by atoms with van der Waals surface area (Å²) in [4.78, 5) is 13.7. The average molecular weight is 377 g/mol. The van der Waals surface area contributed by atoms with Gasteiger partial charge < -0.3 is 10.4 Å². The van der Waals surface area contributed by atoms with Gasteiger partial charge in [0, 0.05) is 24.0 Å². The summed E-state index contributed by atoms with van der Waals surface area (Å²) in [5.41, 5.74) is 5.16. The molecule has 4 rings (SSSR count). The van der Waals surface area contributed by atoms with Crippen molar-refractivity contribution in [3.8, 4) is 17.1 Å². The number of hydrogen-bond acceptors (Lipinski definition) is 5. The van der Waals surface area contributed by atoms with E-state index in [1.807, 2.05) is 30.5 Å². The maximum absolute atomic E-state index is 13.5. The number of rotatable bonds is 5. The highest BCUT2D eigenvalue weighted by atomic mass is 19.1. The number of benzene rings is 1. The zero-order valence-corrected chi connectivity index (χ0v) is 15.6. The molecule has 0 saturated carbocycles. The summed E-state index contributed by atoms with van der Waals surface area (Å²) in [6.45, 7) is 4.40. The molecule has 28 heavy (non-hydrogen) atoms. The smallest absolute Gasteiger partial charge is 0.147 e. The van der Waals surface area contributed by atoms with Gasteiger partial charge in [-0.2, -0.15) is 0 Å². The predicted octanol–water partition coefficient (Wildman–Crippen LogP) is 3.64. The molecule has 0 atom stereocenters. The molecule has 0 spiro atoms. The van der Waals surface area contributed by atoms with E-state index in [4.69, 9.17) is 10.1 Å². The van der Waals surface area contributed by atoms with Crippen LogP contribution in [-0.4, -0.2) is 37.8 Å². The highest BCUT2D eigenvalue weighted by molar-refractivity contribution is 5.83. The quantitative estimate of drug-likeness (QED) is 0.555. The number of nitrogens with one attached hydrogen (secondary N) is 1. The Bertz CT molecular complexity index is 1110. The first-order valence-corrected chi connectivity index (χ1v) is 9.00. The monoisotopic (exact) mass is 377 g/mol. The lowest BCUT2D eigenvalue weighted by Crippen LogP contribution is -2.09. The van der Waals surface area contributed by atoms with Crippen LogP contribution in [0.4, 0.5) is 10.2 Å². The Morgan fingerprint density at radius 3 is 2.61 bits per heavy atom. The molecule has 6 nitrogen and oxygen atoms in total. The topological polar surface area (TPSA) is 75.9 Å². The first kappa shape index (κ1) is 18.1. The Morgan fingerprint density at radius 1 is 1.11 bits per heavy atom. The van der Waals surface area contributed by atoms with Crippen LogP contribution in [0.1, 0.15) is 11.3 Å². The molecule has 2 N–H and O–H groups in total. The van der Waals surface area contributed by atoms with E-state index in [2.05, 4.69) is 15.3 Å². The molecular weight excluding hydrogens is 357 g/mol. The van der Waals surface area contributed by atoms with Gasteiger partial charge in [-0.05, 0) is 55.8 Å².